The first kappa shape index (κ1) is 18.5. The molecule has 0 unspecified atom stereocenters. The molecular weight excluding hydrogens is 368 g/mol. The van der Waals surface area contributed by atoms with E-state index in [2.05, 4.69) is 6.08 Å². The van der Waals surface area contributed by atoms with Gasteiger partial charge < -0.3 is 10.6 Å². The minimum absolute atomic E-state index is 0.0786. The zero-order valence-corrected chi connectivity index (χ0v) is 16.1. The van der Waals surface area contributed by atoms with E-state index in [-0.39, 0.29) is 11.8 Å². The first-order valence-corrected chi connectivity index (χ1v) is 9.65. The normalized spacial score (nSPS) is 19.4. The molecule has 0 fully saturated rings. The first-order valence-electron chi connectivity index (χ1n) is 9.27. The maximum absolute atomic E-state index is 13.3. The third kappa shape index (κ3) is 3.72. The average Bonchev–Trinajstić information content (AvgIpc) is 2.74. The number of amides is 1. The van der Waals surface area contributed by atoms with Gasteiger partial charge in [0.1, 0.15) is 0 Å². The second-order valence-corrected chi connectivity index (χ2v) is 7.37. The van der Waals surface area contributed by atoms with Crippen molar-refractivity contribution in [1.82, 2.24) is 4.90 Å². The molecule has 1 heterocycles. The van der Waals surface area contributed by atoms with Crippen LogP contribution in [0.15, 0.2) is 91.0 Å². The van der Waals surface area contributed by atoms with Gasteiger partial charge in [-0.3, -0.25) is 4.79 Å². The Kier molecular flexibility index (Phi) is 5.29. The van der Waals surface area contributed by atoms with Crippen molar-refractivity contribution in [2.24, 2.45) is 5.73 Å². The second-order valence-electron chi connectivity index (χ2n) is 6.93. The van der Waals surface area contributed by atoms with Crippen molar-refractivity contribution in [2.45, 2.75) is 18.5 Å². The number of hydrogen-bond acceptors (Lipinski definition) is 2. The van der Waals surface area contributed by atoms with Gasteiger partial charge in [0.25, 0.3) is 0 Å². The van der Waals surface area contributed by atoms with Crippen LogP contribution in [-0.4, -0.2) is 16.8 Å². The Morgan fingerprint density at radius 1 is 0.857 bits per heavy atom. The van der Waals surface area contributed by atoms with Gasteiger partial charge in [0.15, 0.2) is 0 Å². The van der Waals surface area contributed by atoms with Crippen molar-refractivity contribution < 1.29 is 4.79 Å². The van der Waals surface area contributed by atoms with Crippen LogP contribution in [0, 0.1) is 0 Å². The molecule has 3 aromatic carbocycles. The van der Waals surface area contributed by atoms with Gasteiger partial charge >= 0.3 is 0 Å². The number of nitrogens with two attached hydrogens (primary N) is 1. The van der Waals surface area contributed by atoms with Gasteiger partial charge in [0.2, 0.25) is 5.91 Å². The van der Waals surface area contributed by atoms with Crippen LogP contribution >= 0.6 is 11.6 Å². The first-order chi connectivity index (χ1) is 13.6. The van der Waals surface area contributed by atoms with Gasteiger partial charge in [-0.2, -0.15) is 0 Å². The fraction of sp³-hybridized carbons (Fsp3) is 0.125. The summed E-state index contributed by atoms with van der Waals surface area (Å²) < 4.78 is 0. The van der Waals surface area contributed by atoms with Gasteiger partial charge in [0.05, 0.1) is 12.6 Å². The van der Waals surface area contributed by atoms with Gasteiger partial charge in [-0.25, -0.2) is 0 Å². The predicted octanol–water partition coefficient (Wildman–Crippen LogP) is 4.83. The minimum atomic E-state index is -0.641. The molecule has 2 N–H and O–H groups in total. The summed E-state index contributed by atoms with van der Waals surface area (Å²) in [6, 6.07) is 26.8. The lowest BCUT2D eigenvalue weighted by molar-refractivity contribution is -0.130. The number of benzene rings is 3. The van der Waals surface area contributed by atoms with Crippen LogP contribution in [0.25, 0.3) is 5.70 Å². The summed E-state index contributed by atoms with van der Waals surface area (Å²) >= 11 is 6.03. The summed E-state index contributed by atoms with van der Waals surface area (Å²) in [5.74, 6) is -0.280. The molecule has 3 aromatic rings. The average molecular weight is 389 g/mol. The highest BCUT2D eigenvalue weighted by Gasteiger charge is 2.36. The lowest BCUT2D eigenvalue weighted by atomic mass is 9.85. The van der Waals surface area contributed by atoms with Gasteiger partial charge in [-0.1, -0.05) is 90.5 Å². The summed E-state index contributed by atoms with van der Waals surface area (Å²) in [5, 5.41) is 0.664. The van der Waals surface area contributed by atoms with Crippen molar-refractivity contribution in [3.05, 3.63) is 113 Å². The molecule has 0 spiro atoms. The van der Waals surface area contributed by atoms with Gasteiger partial charge in [-0.05, 0) is 28.8 Å². The number of rotatable bonds is 4. The van der Waals surface area contributed by atoms with E-state index in [0.29, 0.717) is 11.6 Å². The summed E-state index contributed by atoms with van der Waals surface area (Å²) in [5.41, 5.74) is 10.3. The number of carbonyl (C=O) groups excluding carboxylic acids is 1. The SMILES string of the molecule is N[C@H]1C(=O)N(Cc2ccccc2)C(c2ccccc2)=C[C@@H]1c1ccc(Cl)cc1. The Morgan fingerprint density at radius 2 is 1.46 bits per heavy atom. The van der Waals surface area contributed by atoms with E-state index in [1.165, 1.54) is 0 Å². The summed E-state index contributed by atoms with van der Waals surface area (Å²) in [4.78, 5) is 15.1. The molecule has 28 heavy (non-hydrogen) atoms. The highest BCUT2D eigenvalue weighted by atomic mass is 35.5. The standard InChI is InChI=1S/C24H21ClN2O/c25-20-13-11-18(12-14-20)21-15-22(19-9-5-2-6-10-19)27(24(28)23(21)26)16-17-7-3-1-4-8-17/h1-15,21,23H,16,26H2/t21-,23-/m1/s1. The predicted molar refractivity (Wildman–Crippen MR) is 114 cm³/mol. The Bertz CT molecular complexity index is 984. The minimum Gasteiger partial charge on any atom is -0.319 e. The van der Waals surface area contributed by atoms with Crippen molar-refractivity contribution >= 4 is 23.2 Å². The molecular formula is C24H21ClN2O. The molecule has 0 aliphatic carbocycles. The molecule has 1 aliphatic heterocycles. The maximum atomic E-state index is 13.3. The molecule has 1 amide bonds. The van der Waals surface area contributed by atoms with Crippen LogP contribution in [0.5, 0.6) is 0 Å². The van der Waals surface area contributed by atoms with E-state index in [1.54, 1.807) is 4.90 Å². The lowest BCUT2D eigenvalue weighted by Gasteiger charge is -2.36. The summed E-state index contributed by atoms with van der Waals surface area (Å²) in [6.45, 7) is 0.488. The van der Waals surface area contributed by atoms with Crippen LogP contribution in [0.3, 0.4) is 0 Å². The number of halogens is 1. The van der Waals surface area contributed by atoms with E-state index >= 15 is 0 Å². The van der Waals surface area contributed by atoms with Crippen molar-refractivity contribution in [3.8, 4) is 0 Å². The Hall–Kier alpha value is -2.88. The maximum Gasteiger partial charge on any atom is 0.245 e. The molecule has 0 aromatic heterocycles. The van der Waals surface area contributed by atoms with Crippen molar-refractivity contribution in [3.63, 3.8) is 0 Å². The molecule has 0 radical (unpaired) electrons. The summed E-state index contributed by atoms with van der Waals surface area (Å²) in [6.07, 6.45) is 2.10. The monoisotopic (exact) mass is 388 g/mol. The quantitative estimate of drug-likeness (QED) is 0.695. The highest BCUT2D eigenvalue weighted by molar-refractivity contribution is 6.30. The van der Waals surface area contributed by atoms with Gasteiger partial charge in [-0.15, -0.1) is 0 Å². The fourth-order valence-electron chi connectivity index (χ4n) is 3.59. The highest BCUT2D eigenvalue weighted by Crippen LogP contribution is 2.35. The Labute approximate surface area is 170 Å². The van der Waals surface area contributed by atoms with Crippen molar-refractivity contribution in [2.75, 3.05) is 0 Å². The van der Waals surface area contributed by atoms with Crippen LogP contribution in [0.4, 0.5) is 0 Å². The Balaban J connectivity index is 1.78. The Morgan fingerprint density at radius 3 is 2.11 bits per heavy atom. The van der Waals surface area contributed by atoms with Gasteiger partial charge in [0, 0.05) is 16.6 Å². The number of nitrogens with zero attached hydrogens (tertiary/aromatic N) is 1. The molecule has 140 valence electrons. The fourth-order valence-corrected chi connectivity index (χ4v) is 3.72. The largest absolute Gasteiger partial charge is 0.319 e. The number of hydrogen-bond donors (Lipinski definition) is 1. The van der Waals surface area contributed by atoms with Crippen molar-refractivity contribution in [1.29, 1.82) is 0 Å². The third-order valence-corrected chi connectivity index (χ3v) is 5.33. The topological polar surface area (TPSA) is 46.3 Å². The molecule has 2 atom stereocenters. The third-order valence-electron chi connectivity index (χ3n) is 5.07. The van der Waals surface area contributed by atoms with E-state index in [1.807, 2.05) is 84.9 Å². The zero-order chi connectivity index (χ0) is 19.5. The summed E-state index contributed by atoms with van der Waals surface area (Å²) in [7, 11) is 0. The molecule has 1 aliphatic rings. The molecule has 4 heteroatoms. The van der Waals surface area contributed by atoms with Crippen LogP contribution in [0.2, 0.25) is 5.02 Å². The van der Waals surface area contributed by atoms with Crippen LogP contribution in [-0.2, 0) is 11.3 Å². The molecule has 3 nitrogen and oxygen atoms in total. The molecule has 4 rings (SSSR count). The van der Waals surface area contributed by atoms with Crippen LogP contribution in [0.1, 0.15) is 22.6 Å². The van der Waals surface area contributed by atoms with Crippen LogP contribution < -0.4 is 5.73 Å². The smallest absolute Gasteiger partial charge is 0.245 e. The molecule has 0 saturated carbocycles. The second kappa shape index (κ2) is 8.01. The van der Waals surface area contributed by atoms with E-state index in [9.17, 15) is 4.79 Å². The molecule has 0 saturated heterocycles. The van der Waals surface area contributed by atoms with E-state index in [4.69, 9.17) is 17.3 Å². The number of carbonyl (C=O) groups is 1. The molecule has 0 bridgehead atoms. The van der Waals surface area contributed by atoms with E-state index < -0.39 is 6.04 Å². The lowest BCUT2D eigenvalue weighted by Crippen LogP contribution is -2.48. The van der Waals surface area contributed by atoms with E-state index in [0.717, 1.165) is 22.4 Å². The zero-order valence-electron chi connectivity index (χ0n) is 15.3.